The summed E-state index contributed by atoms with van der Waals surface area (Å²) in [6.45, 7) is 0. The lowest BCUT2D eigenvalue weighted by molar-refractivity contribution is 0.0600. The number of ether oxygens (including phenoxy) is 2. The number of carbonyl (C=O) groups excluding carboxylic acids is 1. The predicted octanol–water partition coefficient (Wildman–Crippen LogP) is 3.75. The SMILES string of the molecule is COC(=O)c1cc(C=Cc2cnc(Cl)nc2)c(Cl)c(OC)c1. The van der Waals surface area contributed by atoms with E-state index in [0.717, 1.165) is 5.56 Å². The van der Waals surface area contributed by atoms with E-state index in [1.165, 1.54) is 20.3 Å². The monoisotopic (exact) mass is 338 g/mol. The molecule has 0 atom stereocenters. The molecule has 1 heterocycles. The minimum Gasteiger partial charge on any atom is -0.495 e. The van der Waals surface area contributed by atoms with Gasteiger partial charge in [-0.05, 0) is 29.3 Å². The molecule has 5 nitrogen and oxygen atoms in total. The lowest BCUT2D eigenvalue weighted by Gasteiger charge is -2.09. The van der Waals surface area contributed by atoms with Gasteiger partial charge >= 0.3 is 5.97 Å². The summed E-state index contributed by atoms with van der Waals surface area (Å²) < 4.78 is 9.88. The molecule has 0 saturated carbocycles. The molecule has 22 heavy (non-hydrogen) atoms. The molecule has 1 aromatic heterocycles. The molecule has 0 aliphatic rings. The second-order valence-corrected chi connectivity index (χ2v) is 4.91. The molecule has 0 aliphatic heterocycles. The van der Waals surface area contributed by atoms with Gasteiger partial charge in [0.2, 0.25) is 5.28 Å². The van der Waals surface area contributed by atoms with Gasteiger partial charge in [-0.15, -0.1) is 0 Å². The molecule has 114 valence electrons. The molecule has 0 saturated heterocycles. The number of halogens is 2. The van der Waals surface area contributed by atoms with Crippen LogP contribution >= 0.6 is 23.2 Å². The summed E-state index contributed by atoms with van der Waals surface area (Å²) in [5, 5.41) is 0.561. The number of esters is 1. The number of benzene rings is 1. The van der Waals surface area contributed by atoms with Crippen molar-refractivity contribution < 1.29 is 14.3 Å². The molecule has 0 spiro atoms. The van der Waals surface area contributed by atoms with Crippen molar-refractivity contribution in [2.24, 2.45) is 0 Å². The van der Waals surface area contributed by atoms with Gasteiger partial charge in [0.1, 0.15) is 5.75 Å². The van der Waals surface area contributed by atoms with Crippen LogP contribution in [0.1, 0.15) is 21.5 Å². The lowest BCUT2D eigenvalue weighted by Crippen LogP contribution is -2.02. The quantitative estimate of drug-likeness (QED) is 0.627. The van der Waals surface area contributed by atoms with Gasteiger partial charge < -0.3 is 9.47 Å². The first-order chi connectivity index (χ1) is 10.5. The summed E-state index contributed by atoms with van der Waals surface area (Å²) in [7, 11) is 2.78. The Labute approximate surface area is 137 Å². The molecule has 0 fully saturated rings. The van der Waals surface area contributed by atoms with Crippen LogP contribution in [0.15, 0.2) is 24.5 Å². The molecule has 7 heteroatoms. The van der Waals surface area contributed by atoms with E-state index in [9.17, 15) is 4.79 Å². The fraction of sp³-hybridized carbons (Fsp3) is 0.133. The number of carbonyl (C=O) groups is 1. The molecule has 0 radical (unpaired) electrons. The zero-order chi connectivity index (χ0) is 16.1. The summed E-state index contributed by atoms with van der Waals surface area (Å²) in [4.78, 5) is 19.4. The molecular formula is C15H12Cl2N2O3. The summed E-state index contributed by atoms with van der Waals surface area (Å²) in [5.74, 6) is -0.0870. The Bertz CT molecular complexity index is 715. The van der Waals surface area contributed by atoms with Crippen LogP contribution in [-0.2, 0) is 4.74 Å². The minimum atomic E-state index is -0.473. The van der Waals surface area contributed by atoms with Gasteiger partial charge in [0, 0.05) is 18.0 Å². The first kappa shape index (κ1) is 16.3. The van der Waals surface area contributed by atoms with Crippen LogP contribution in [0.25, 0.3) is 12.2 Å². The Kier molecular flexibility index (Phi) is 5.35. The van der Waals surface area contributed by atoms with Crippen molar-refractivity contribution in [2.45, 2.75) is 0 Å². The Morgan fingerprint density at radius 2 is 1.82 bits per heavy atom. The van der Waals surface area contributed by atoms with Crippen LogP contribution in [0.5, 0.6) is 5.75 Å². The zero-order valence-electron chi connectivity index (χ0n) is 11.8. The van der Waals surface area contributed by atoms with E-state index in [-0.39, 0.29) is 5.28 Å². The van der Waals surface area contributed by atoms with Gasteiger partial charge in [-0.3, -0.25) is 0 Å². The van der Waals surface area contributed by atoms with E-state index in [4.69, 9.17) is 32.7 Å². The van der Waals surface area contributed by atoms with Crippen LogP contribution in [0, 0.1) is 0 Å². The maximum atomic E-state index is 11.7. The second-order valence-electron chi connectivity index (χ2n) is 4.19. The Hall–Kier alpha value is -2.11. The summed E-state index contributed by atoms with van der Waals surface area (Å²) in [6.07, 6.45) is 6.62. The molecule has 1 aromatic carbocycles. The van der Waals surface area contributed by atoms with Crippen molar-refractivity contribution in [3.05, 3.63) is 51.5 Å². The van der Waals surface area contributed by atoms with Crippen molar-refractivity contribution in [1.29, 1.82) is 0 Å². The van der Waals surface area contributed by atoms with Gasteiger partial charge in [-0.1, -0.05) is 23.8 Å². The van der Waals surface area contributed by atoms with E-state index >= 15 is 0 Å². The Balaban J connectivity index is 2.40. The average Bonchev–Trinajstić information content (AvgIpc) is 2.54. The highest BCUT2D eigenvalue weighted by molar-refractivity contribution is 6.33. The summed E-state index contributed by atoms with van der Waals surface area (Å²) in [5.41, 5.74) is 1.69. The van der Waals surface area contributed by atoms with Gasteiger partial charge in [-0.25, -0.2) is 14.8 Å². The highest BCUT2D eigenvalue weighted by atomic mass is 35.5. The van der Waals surface area contributed by atoms with Crippen molar-refractivity contribution in [3.63, 3.8) is 0 Å². The Morgan fingerprint density at radius 3 is 2.41 bits per heavy atom. The van der Waals surface area contributed by atoms with E-state index in [1.54, 1.807) is 30.6 Å². The Morgan fingerprint density at radius 1 is 1.14 bits per heavy atom. The number of rotatable bonds is 4. The van der Waals surface area contributed by atoms with Gasteiger partial charge in [0.05, 0.1) is 24.8 Å². The third-order valence-electron chi connectivity index (χ3n) is 2.80. The average molecular weight is 339 g/mol. The van der Waals surface area contributed by atoms with Crippen molar-refractivity contribution in [2.75, 3.05) is 14.2 Å². The van der Waals surface area contributed by atoms with E-state index in [0.29, 0.717) is 21.9 Å². The third-order valence-corrected chi connectivity index (χ3v) is 3.40. The number of methoxy groups -OCH3 is 2. The van der Waals surface area contributed by atoms with Gasteiger partial charge in [0.15, 0.2) is 0 Å². The van der Waals surface area contributed by atoms with Crippen molar-refractivity contribution >= 4 is 41.3 Å². The molecule has 2 rings (SSSR count). The van der Waals surface area contributed by atoms with Crippen molar-refractivity contribution in [1.82, 2.24) is 9.97 Å². The van der Waals surface area contributed by atoms with Crippen LogP contribution < -0.4 is 4.74 Å². The summed E-state index contributed by atoms with van der Waals surface area (Å²) in [6, 6.07) is 3.14. The standard InChI is InChI=1S/C15H12Cl2N2O3/c1-21-12-6-11(14(20)22-2)5-10(13(12)16)4-3-9-7-18-15(17)19-8-9/h3-8H,1-2H3. The minimum absolute atomic E-state index is 0.171. The fourth-order valence-corrected chi connectivity index (χ4v) is 2.07. The first-order valence-electron chi connectivity index (χ1n) is 6.16. The predicted molar refractivity (Wildman–Crippen MR) is 85.3 cm³/mol. The molecule has 0 bridgehead atoms. The number of hydrogen-bond donors (Lipinski definition) is 0. The second kappa shape index (κ2) is 7.24. The molecular weight excluding hydrogens is 327 g/mol. The van der Waals surface area contributed by atoms with Gasteiger partial charge in [-0.2, -0.15) is 0 Å². The van der Waals surface area contributed by atoms with E-state index in [1.807, 2.05) is 0 Å². The normalized spacial score (nSPS) is 10.7. The zero-order valence-corrected chi connectivity index (χ0v) is 13.4. The topological polar surface area (TPSA) is 61.3 Å². The lowest BCUT2D eigenvalue weighted by atomic mass is 10.1. The first-order valence-corrected chi connectivity index (χ1v) is 6.92. The molecule has 0 amide bonds. The number of nitrogens with zero attached hydrogens (tertiary/aromatic N) is 2. The fourth-order valence-electron chi connectivity index (χ4n) is 1.72. The molecule has 0 aliphatic carbocycles. The maximum Gasteiger partial charge on any atom is 0.338 e. The van der Waals surface area contributed by atoms with Crippen LogP contribution in [0.4, 0.5) is 0 Å². The third kappa shape index (κ3) is 3.75. The van der Waals surface area contributed by atoms with Crippen molar-refractivity contribution in [3.8, 4) is 5.75 Å². The largest absolute Gasteiger partial charge is 0.495 e. The molecule has 2 aromatic rings. The maximum absolute atomic E-state index is 11.7. The number of hydrogen-bond acceptors (Lipinski definition) is 5. The van der Waals surface area contributed by atoms with Crippen LogP contribution in [0.3, 0.4) is 0 Å². The highest BCUT2D eigenvalue weighted by Crippen LogP contribution is 2.31. The van der Waals surface area contributed by atoms with Crippen LogP contribution in [-0.4, -0.2) is 30.2 Å². The number of aromatic nitrogens is 2. The smallest absolute Gasteiger partial charge is 0.338 e. The molecule has 0 unspecified atom stereocenters. The summed E-state index contributed by atoms with van der Waals surface area (Å²) >= 11 is 11.9. The van der Waals surface area contributed by atoms with Gasteiger partial charge in [0.25, 0.3) is 0 Å². The highest BCUT2D eigenvalue weighted by Gasteiger charge is 2.13. The molecule has 0 N–H and O–H groups in total. The van der Waals surface area contributed by atoms with E-state index in [2.05, 4.69) is 9.97 Å². The van der Waals surface area contributed by atoms with E-state index < -0.39 is 5.97 Å². The van der Waals surface area contributed by atoms with Crippen LogP contribution in [0.2, 0.25) is 10.3 Å².